The average molecular weight is 346 g/mol. The number of methoxy groups -OCH3 is 1. The molecule has 0 saturated carbocycles. The van der Waals surface area contributed by atoms with Crippen molar-refractivity contribution in [2.45, 2.75) is 0 Å². The maximum absolute atomic E-state index is 11.2. The molecule has 0 radical (unpaired) electrons. The van der Waals surface area contributed by atoms with E-state index in [0.29, 0.717) is 23.1 Å². The Labute approximate surface area is 144 Å². The van der Waals surface area contributed by atoms with E-state index in [1.54, 1.807) is 19.2 Å². The molecule has 2 aromatic rings. The fourth-order valence-corrected chi connectivity index (χ4v) is 2.83. The van der Waals surface area contributed by atoms with Crippen LogP contribution in [0.15, 0.2) is 36.5 Å². The van der Waals surface area contributed by atoms with E-state index < -0.39 is 5.97 Å². The third-order valence-electron chi connectivity index (χ3n) is 3.80. The summed E-state index contributed by atoms with van der Waals surface area (Å²) in [6.45, 7) is 0.592. The molecule has 0 unspecified atom stereocenters. The number of carbonyl (C=O) groups is 1. The quantitative estimate of drug-likeness (QED) is 0.887. The maximum atomic E-state index is 11.2. The van der Waals surface area contributed by atoms with Crippen molar-refractivity contribution in [3.05, 3.63) is 58.4 Å². The zero-order valence-corrected chi connectivity index (χ0v) is 14.0. The third kappa shape index (κ3) is 2.88. The lowest BCUT2D eigenvalue weighted by Gasteiger charge is -2.16. The molecule has 2 heterocycles. The molecule has 1 aliphatic rings. The number of pyridine rings is 1. The van der Waals surface area contributed by atoms with Crippen molar-refractivity contribution in [3.8, 4) is 5.75 Å². The van der Waals surface area contributed by atoms with Gasteiger partial charge in [-0.3, -0.25) is 4.98 Å². The topological polar surface area (TPSA) is 74.7 Å². The van der Waals surface area contributed by atoms with Crippen molar-refractivity contribution >= 4 is 29.0 Å². The monoisotopic (exact) mass is 345 g/mol. The van der Waals surface area contributed by atoms with E-state index in [2.05, 4.69) is 10.3 Å². The zero-order valence-electron chi connectivity index (χ0n) is 13.2. The number of nitrogens with one attached hydrogen (secondary N) is 1. The van der Waals surface area contributed by atoms with E-state index in [9.17, 15) is 9.90 Å². The second kappa shape index (κ2) is 6.41. The van der Waals surface area contributed by atoms with E-state index >= 15 is 0 Å². The van der Waals surface area contributed by atoms with Crippen LogP contribution in [0.1, 0.15) is 21.6 Å². The normalized spacial score (nSPS) is 13.9. The van der Waals surface area contributed by atoms with E-state index in [0.717, 1.165) is 17.0 Å². The van der Waals surface area contributed by atoms with Gasteiger partial charge in [-0.2, -0.15) is 0 Å². The van der Waals surface area contributed by atoms with Gasteiger partial charge in [0, 0.05) is 18.8 Å². The molecule has 1 aromatic heterocycles. The van der Waals surface area contributed by atoms with Crippen LogP contribution in [0.25, 0.3) is 11.4 Å². The summed E-state index contributed by atoms with van der Waals surface area (Å²) in [5, 5.41) is 13.0. The number of nitrogens with zero attached hydrogens (tertiary/aromatic N) is 2. The largest absolute Gasteiger partial charge is 0.495 e. The molecular formula is C17H16ClN3O3. The van der Waals surface area contributed by atoms with Crippen molar-refractivity contribution in [1.29, 1.82) is 0 Å². The van der Waals surface area contributed by atoms with Crippen LogP contribution in [-0.2, 0) is 0 Å². The Morgan fingerprint density at radius 1 is 1.38 bits per heavy atom. The van der Waals surface area contributed by atoms with E-state index in [1.807, 2.05) is 24.1 Å². The standard InChI is InChI=1S/C17H16ClN3O3/c1-21-9-20-15(13-7-11(17(22)23)5-6-19-13)16(21)10-3-4-12(18)14(8-10)24-2/h3-8,20H,9H2,1-2H3,(H,22,23). The van der Waals surface area contributed by atoms with Gasteiger partial charge in [0.1, 0.15) is 5.75 Å². The Balaban J connectivity index is 2.14. The number of carboxylic acids is 1. The Hall–Kier alpha value is -2.73. The summed E-state index contributed by atoms with van der Waals surface area (Å²) < 4.78 is 5.29. The second-order valence-electron chi connectivity index (χ2n) is 5.34. The molecule has 1 aliphatic heterocycles. The van der Waals surface area contributed by atoms with Gasteiger partial charge in [0.15, 0.2) is 0 Å². The van der Waals surface area contributed by atoms with Gasteiger partial charge in [0.05, 0.1) is 41.5 Å². The van der Waals surface area contributed by atoms with Crippen molar-refractivity contribution in [2.75, 3.05) is 20.8 Å². The van der Waals surface area contributed by atoms with Gasteiger partial charge in [-0.1, -0.05) is 17.7 Å². The van der Waals surface area contributed by atoms with Gasteiger partial charge in [-0.15, -0.1) is 0 Å². The predicted molar refractivity (Wildman–Crippen MR) is 91.8 cm³/mol. The van der Waals surface area contributed by atoms with Crippen molar-refractivity contribution in [3.63, 3.8) is 0 Å². The summed E-state index contributed by atoms with van der Waals surface area (Å²) in [4.78, 5) is 17.5. The maximum Gasteiger partial charge on any atom is 0.335 e. The van der Waals surface area contributed by atoms with E-state index in [4.69, 9.17) is 16.3 Å². The highest BCUT2D eigenvalue weighted by molar-refractivity contribution is 6.32. The summed E-state index contributed by atoms with van der Waals surface area (Å²) in [7, 11) is 3.51. The van der Waals surface area contributed by atoms with E-state index in [1.165, 1.54) is 12.3 Å². The van der Waals surface area contributed by atoms with Gasteiger partial charge < -0.3 is 20.1 Å². The van der Waals surface area contributed by atoms with Gasteiger partial charge in [0.2, 0.25) is 0 Å². The first-order valence-electron chi connectivity index (χ1n) is 7.24. The molecule has 0 aliphatic carbocycles. The summed E-state index contributed by atoms with van der Waals surface area (Å²) in [6, 6.07) is 8.54. The fourth-order valence-electron chi connectivity index (χ4n) is 2.64. The molecule has 0 saturated heterocycles. The van der Waals surface area contributed by atoms with Crippen molar-refractivity contribution in [2.24, 2.45) is 0 Å². The Bertz CT molecular complexity index is 836. The van der Waals surface area contributed by atoms with Crippen LogP contribution >= 0.6 is 11.6 Å². The summed E-state index contributed by atoms with van der Waals surface area (Å²) in [5.74, 6) is -0.408. The van der Waals surface area contributed by atoms with Gasteiger partial charge in [0.25, 0.3) is 0 Å². The molecule has 24 heavy (non-hydrogen) atoms. The Morgan fingerprint density at radius 2 is 2.17 bits per heavy atom. The molecule has 0 bridgehead atoms. The molecule has 124 valence electrons. The summed E-state index contributed by atoms with van der Waals surface area (Å²) in [5.41, 5.74) is 3.34. The Morgan fingerprint density at radius 3 is 2.88 bits per heavy atom. The molecule has 1 aromatic carbocycles. The third-order valence-corrected chi connectivity index (χ3v) is 4.11. The molecule has 0 spiro atoms. The number of carboxylic acid groups (broad SMARTS) is 1. The first kappa shape index (κ1) is 16.1. The van der Waals surface area contributed by atoms with Crippen LogP contribution in [0.4, 0.5) is 0 Å². The summed E-state index contributed by atoms with van der Waals surface area (Å²) in [6.07, 6.45) is 1.49. The highest BCUT2D eigenvalue weighted by Crippen LogP contribution is 2.34. The number of benzene rings is 1. The number of aromatic nitrogens is 1. The molecule has 0 amide bonds. The molecule has 7 heteroatoms. The lowest BCUT2D eigenvalue weighted by Crippen LogP contribution is -2.18. The number of aromatic carboxylic acids is 1. The first-order valence-corrected chi connectivity index (χ1v) is 7.62. The van der Waals surface area contributed by atoms with Crippen LogP contribution in [0, 0.1) is 0 Å². The minimum Gasteiger partial charge on any atom is -0.495 e. The van der Waals surface area contributed by atoms with Crippen LogP contribution in [0.2, 0.25) is 5.02 Å². The molecule has 3 rings (SSSR count). The zero-order chi connectivity index (χ0) is 17.3. The molecule has 0 fully saturated rings. The predicted octanol–water partition coefficient (Wildman–Crippen LogP) is 2.76. The van der Waals surface area contributed by atoms with Gasteiger partial charge in [-0.25, -0.2) is 4.79 Å². The molecule has 0 atom stereocenters. The highest BCUT2D eigenvalue weighted by Gasteiger charge is 2.24. The number of hydrogen-bond acceptors (Lipinski definition) is 5. The summed E-state index contributed by atoms with van der Waals surface area (Å²) >= 11 is 6.10. The fraction of sp³-hybridized carbons (Fsp3) is 0.176. The molecule has 2 N–H and O–H groups in total. The van der Waals surface area contributed by atoms with Gasteiger partial charge in [-0.05, 0) is 24.3 Å². The Kier molecular flexibility index (Phi) is 4.31. The smallest absolute Gasteiger partial charge is 0.335 e. The SMILES string of the molecule is COc1cc(C2=C(c3cc(C(=O)O)ccn3)NCN2C)ccc1Cl. The van der Waals surface area contributed by atoms with Crippen LogP contribution in [0.5, 0.6) is 5.75 Å². The average Bonchev–Trinajstić information content (AvgIpc) is 2.97. The van der Waals surface area contributed by atoms with Crippen LogP contribution in [0.3, 0.4) is 0 Å². The van der Waals surface area contributed by atoms with Crippen LogP contribution in [-0.4, -0.2) is 41.8 Å². The number of rotatable bonds is 4. The highest BCUT2D eigenvalue weighted by atomic mass is 35.5. The number of halogens is 1. The second-order valence-corrected chi connectivity index (χ2v) is 5.75. The van der Waals surface area contributed by atoms with Gasteiger partial charge >= 0.3 is 5.97 Å². The first-order chi connectivity index (χ1) is 11.5. The minimum atomic E-state index is -0.986. The number of ether oxygens (including phenoxy) is 1. The van der Waals surface area contributed by atoms with E-state index in [-0.39, 0.29) is 5.56 Å². The molecule has 6 nitrogen and oxygen atoms in total. The lowest BCUT2D eigenvalue weighted by atomic mass is 10.1. The molecular weight excluding hydrogens is 330 g/mol. The van der Waals surface area contributed by atoms with Crippen LogP contribution < -0.4 is 10.1 Å². The number of hydrogen-bond donors (Lipinski definition) is 2. The van der Waals surface area contributed by atoms with Crippen molar-refractivity contribution in [1.82, 2.24) is 15.2 Å². The minimum absolute atomic E-state index is 0.192. The lowest BCUT2D eigenvalue weighted by molar-refractivity contribution is 0.0696. The van der Waals surface area contributed by atoms with Crippen molar-refractivity contribution < 1.29 is 14.6 Å².